The average molecular weight is 250 g/mol. The standard InChI is InChI=1S/C15H22O3/c1-7-4-5-10-8(2)15(17)18-14(10)13-9(3)12(16)6-11(7)13/h8-14,16H,1,4-6H2,2-3H3/t8-,9+,10?,11-,12-,13?,14-/m0/s1. The predicted octanol–water partition coefficient (Wildman–Crippen LogP) is 2.15. The Kier molecular flexibility index (Phi) is 2.77. The zero-order chi connectivity index (χ0) is 13.0. The third kappa shape index (κ3) is 1.56. The van der Waals surface area contributed by atoms with Crippen molar-refractivity contribution in [2.45, 2.75) is 45.3 Å². The Hall–Kier alpha value is -0.830. The van der Waals surface area contributed by atoms with Crippen molar-refractivity contribution < 1.29 is 14.6 Å². The maximum atomic E-state index is 11.8. The second-order valence-electron chi connectivity index (χ2n) is 6.40. The minimum absolute atomic E-state index is 0.00361. The van der Waals surface area contributed by atoms with Crippen LogP contribution in [0, 0.1) is 29.6 Å². The molecule has 1 heterocycles. The minimum Gasteiger partial charge on any atom is -0.462 e. The second kappa shape index (κ2) is 4.09. The van der Waals surface area contributed by atoms with Crippen LogP contribution < -0.4 is 0 Å². The first-order valence-corrected chi connectivity index (χ1v) is 7.07. The van der Waals surface area contributed by atoms with Crippen LogP contribution in [0.15, 0.2) is 12.2 Å². The maximum absolute atomic E-state index is 11.8. The third-order valence-electron chi connectivity index (χ3n) is 5.56. The fourth-order valence-electron chi connectivity index (χ4n) is 4.33. The van der Waals surface area contributed by atoms with Gasteiger partial charge in [-0.15, -0.1) is 0 Å². The molecule has 3 fully saturated rings. The number of fused-ring (bicyclic) bond motifs is 3. The molecule has 1 N–H and O–H groups in total. The summed E-state index contributed by atoms with van der Waals surface area (Å²) in [6, 6.07) is 0. The number of carbonyl (C=O) groups is 1. The van der Waals surface area contributed by atoms with Crippen LogP contribution in [-0.2, 0) is 9.53 Å². The summed E-state index contributed by atoms with van der Waals surface area (Å²) in [5.74, 6) is 1.08. The zero-order valence-corrected chi connectivity index (χ0v) is 11.1. The lowest BCUT2D eigenvalue weighted by atomic mass is 9.78. The van der Waals surface area contributed by atoms with Crippen LogP contribution in [-0.4, -0.2) is 23.3 Å². The monoisotopic (exact) mass is 250 g/mol. The van der Waals surface area contributed by atoms with Gasteiger partial charge in [0.25, 0.3) is 0 Å². The Morgan fingerprint density at radius 3 is 2.83 bits per heavy atom. The summed E-state index contributed by atoms with van der Waals surface area (Å²) in [6.45, 7) is 8.27. The van der Waals surface area contributed by atoms with Crippen molar-refractivity contribution in [1.82, 2.24) is 0 Å². The van der Waals surface area contributed by atoms with Crippen molar-refractivity contribution in [3.05, 3.63) is 12.2 Å². The number of esters is 1. The molecule has 0 radical (unpaired) electrons. The molecule has 0 aromatic heterocycles. The molecule has 100 valence electrons. The number of aliphatic hydroxyl groups is 1. The van der Waals surface area contributed by atoms with E-state index < -0.39 is 0 Å². The van der Waals surface area contributed by atoms with Gasteiger partial charge in [0.05, 0.1) is 12.0 Å². The number of hydrogen-bond acceptors (Lipinski definition) is 3. The van der Waals surface area contributed by atoms with Gasteiger partial charge in [0.1, 0.15) is 6.10 Å². The average Bonchev–Trinajstić information content (AvgIpc) is 2.72. The third-order valence-corrected chi connectivity index (χ3v) is 5.56. The molecule has 1 aliphatic heterocycles. The van der Waals surface area contributed by atoms with E-state index in [0.29, 0.717) is 11.8 Å². The van der Waals surface area contributed by atoms with Crippen LogP contribution in [0.2, 0.25) is 0 Å². The highest BCUT2D eigenvalue weighted by Gasteiger charge is 2.55. The normalized spacial score (nSPS) is 51.6. The first kappa shape index (κ1) is 12.2. The van der Waals surface area contributed by atoms with E-state index in [-0.39, 0.29) is 35.9 Å². The SMILES string of the molecule is C=C1CCC2[C@H](OC(=O)[C@H]2C)C2[C@H]1C[C@H](O)[C@H]2C. The van der Waals surface area contributed by atoms with E-state index in [2.05, 4.69) is 13.5 Å². The van der Waals surface area contributed by atoms with Gasteiger partial charge in [-0.1, -0.05) is 26.0 Å². The van der Waals surface area contributed by atoms with Crippen LogP contribution in [0.1, 0.15) is 33.1 Å². The molecule has 2 aliphatic carbocycles. The lowest BCUT2D eigenvalue weighted by Crippen LogP contribution is -2.33. The molecule has 0 spiro atoms. The summed E-state index contributed by atoms with van der Waals surface area (Å²) in [6.07, 6.45) is 2.50. The lowest BCUT2D eigenvalue weighted by Gasteiger charge is -2.29. The molecular formula is C15H22O3. The summed E-state index contributed by atoms with van der Waals surface area (Å²) < 4.78 is 5.65. The van der Waals surface area contributed by atoms with E-state index in [9.17, 15) is 9.90 Å². The first-order valence-electron chi connectivity index (χ1n) is 7.07. The summed E-state index contributed by atoms with van der Waals surface area (Å²) in [5, 5.41) is 10.1. The number of ether oxygens (including phenoxy) is 1. The molecular weight excluding hydrogens is 228 g/mol. The predicted molar refractivity (Wildman–Crippen MR) is 67.7 cm³/mol. The van der Waals surface area contributed by atoms with E-state index in [1.165, 1.54) is 5.57 Å². The highest BCUT2D eigenvalue weighted by atomic mass is 16.6. The van der Waals surface area contributed by atoms with Crippen molar-refractivity contribution >= 4 is 5.97 Å². The molecule has 0 aromatic rings. The molecule has 7 atom stereocenters. The number of hydrogen-bond donors (Lipinski definition) is 1. The molecule has 3 nitrogen and oxygen atoms in total. The largest absolute Gasteiger partial charge is 0.462 e. The van der Waals surface area contributed by atoms with Crippen molar-refractivity contribution in [1.29, 1.82) is 0 Å². The molecule has 1 saturated heterocycles. The van der Waals surface area contributed by atoms with Gasteiger partial charge in [-0.05, 0) is 31.1 Å². The van der Waals surface area contributed by atoms with E-state index in [1.807, 2.05) is 6.92 Å². The van der Waals surface area contributed by atoms with Gasteiger partial charge >= 0.3 is 5.97 Å². The van der Waals surface area contributed by atoms with Gasteiger partial charge in [0.15, 0.2) is 0 Å². The van der Waals surface area contributed by atoms with Crippen LogP contribution in [0.5, 0.6) is 0 Å². The van der Waals surface area contributed by atoms with Gasteiger partial charge in [-0.2, -0.15) is 0 Å². The molecule has 3 aliphatic rings. The fourth-order valence-corrected chi connectivity index (χ4v) is 4.33. The molecule has 3 rings (SSSR count). The van der Waals surface area contributed by atoms with Crippen LogP contribution in [0.25, 0.3) is 0 Å². The minimum atomic E-state index is -0.273. The van der Waals surface area contributed by atoms with Gasteiger partial charge in [0, 0.05) is 11.8 Å². The molecule has 2 saturated carbocycles. The quantitative estimate of drug-likeness (QED) is 0.529. The molecule has 0 bridgehead atoms. The van der Waals surface area contributed by atoms with Crippen LogP contribution in [0.4, 0.5) is 0 Å². The number of carbonyl (C=O) groups excluding carboxylic acids is 1. The van der Waals surface area contributed by atoms with Crippen molar-refractivity contribution in [3.63, 3.8) is 0 Å². The van der Waals surface area contributed by atoms with E-state index >= 15 is 0 Å². The van der Waals surface area contributed by atoms with Crippen molar-refractivity contribution in [2.24, 2.45) is 29.6 Å². The highest BCUT2D eigenvalue weighted by molar-refractivity contribution is 5.75. The number of aliphatic hydroxyl groups excluding tert-OH is 1. The van der Waals surface area contributed by atoms with Gasteiger partial charge in [0.2, 0.25) is 0 Å². The van der Waals surface area contributed by atoms with Gasteiger partial charge < -0.3 is 9.84 Å². The van der Waals surface area contributed by atoms with E-state index in [0.717, 1.165) is 19.3 Å². The highest BCUT2D eigenvalue weighted by Crippen LogP contribution is 2.52. The Morgan fingerprint density at radius 2 is 2.11 bits per heavy atom. The van der Waals surface area contributed by atoms with Gasteiger partial charge in [-0.25, -0.2) is 0 Å². The number of rotatable bonds is 0. The molecule has 2 unspecified atom stereocenters. The Balaban J connectivity index is 1.96. The van der Waals surface area contributed by atoms with Crippen molar-refractivity contribution in [2.75, 3.05) is 0 Å². The van der Waals surface area contributed by atoms with Crippen LogP contribution in [0.3, 0.4) is 0 Å². The molecule has 18 heavy (non-hydrogen) atoms. The van der Waals surface area contributed by atoms with E-state index in [4.69, 9.17) is 4.74 Å². The Morgan fingerprint density at radius 1 is 1.39 bits per heavy atom. The maximum Gasteiger partial charge on any atom is 0.309 e. The summed E-state index contributed by atoms with van der Waals surface area (Å²) in [7, 11) is 0. The topological polar surface area (TPSA) is 46.5 Å². The first-order chi connectivity index (χ1) is 8.50. The Labute approximate surface area is 108 Å². The van der Waals surface area contributed by atoms with E-state index in [1.54, 1.807) is 0 Å². The van der Waals surface area contributed by atoms with Gasteiger partial charge in [-0.3, -0.25) is 4.79 Å². The zero-order valence-electron chi connectivity index (χ0n) is 11.1. The number of allylic oxidation sites excluding steroid dienone is 1. The lowest BCUT2D eigenvalue weighted by molar-refractivity contribution is -0.146. The smallest absolute Gasteiger partial charge is 0.309 e. The fraction of sp³-hybridized carbons (Fsp3) is 0.800. The second-order valence-corrected chi connectivity index (χ2v) is 6.40. The summed E-state index contributed by atoms with van der Waals surface area (Å²) in [4.78, 5) is 11.8. The Bertz CT molecular complexity index is 389. The van der Waals surface area contributed by atoms with Crippen molar-refractivity contribution in [3.8, 4) is 0 Å². The van der Waals surface area contributed by atoms with Crippen LogP contribution >= 0.6 is 0 Å². The summed E-state index contributed by atoms with van der Waals surface area (Å²) in [5.41, 5.74) is 1.25. The summed E-state index contributed by atoms with van der Waals surface area (Å²) >= 11 is 0. The molecule has 0 amide bonds. The molecule has 0 aromatic carbocycles. The molecule has 3 heteroatoms.